The zero-order chi connectivity index (χ0) is 11.6. The normalized spacial score (nSPS) is 9.80. The molecule has 0 amide bonds. The summed E-state index contributed by atoms with van der Waals surface area (Å²) in [4.78, 5) is 21.9. The van der Waals surface area contributed by atoms with E-state index in [2.05, 4.69) is 4.74 Å². The Labute approximate surface area is 95.4 Å². The maximum absolute atomic E-state index is 11.2. The molecule has 80 valence electrons. The van der Waals surface area contributed by atoms with Gasteiger partial charge in [-0.15, -0.1) is 0 Å². The molecule has 1 rings (SSSR count). The van der Waals surface area contributed by atoms with Crippen LogP contribution in [0.1, 0.15) is 20.7 Å². The highest BCUT2D eigenvalue weighted by atomic mass is 35.5. The molecular weight excluding hydrogens is 243 g/mol. The average Bonchev–Trinajstić information content (AvgIpc) is 2.20. The summed E-state index contributed by atoms with van der Waals surface area (Å²) in [5.74, 6) is -2.33. The lowest BCUT2D eigenvalue weighted by Gasteiger charge is -2.10. The Balaban J connectivity index is 3.41. The van der Waals surface area contributed by atoms with E-state index in [-0.39, 0.29) is 21.2 Å². The predicted octanol–water partition coefficient (Wildman–Crippen LogP) is 1.14. The topological polar surface area (TPSA) is 66.4 Å². The van der Waals surface area contributed by atoms with Crippen molar-refractivity contribution in [1.82, 2.24) is 0 Å². The Hall–Kier alpha value is -1.26. The molecule has 15 heavy (non-hydrogen) atoms. The van der Waals surface area contributed by atoms with E-state index < -0.39 is 11.9 Å². The van der Waals surface area contributed by atoms with Crippen LogP contribution in [0.25, 0.3) is 0 Å². The third-order valence-electron chi connectivity index (χ3n) is 1.69. The van der Waals surface area contributed by atoms with E-state index in [1.807, 2.05) is 0 Å². The maximum atomic E-state index is 11.2. The second kappa shape index (κ2) is 4.51. The van der Waals surface area contributed by atoms with E-state index in [1.54, 1.807) is 0 Å². The number of esters is 1. The molecule has 0 heterocycles. The van der Waals surface area contributed by atoms with Gasteiger partial charge in [0.15, 0.2) is 0 Å². The standard InChI is InChI=1S/C9H6Cl2O4/c1-15-9(14)5-3-7(11)6(10)2-4(5)8(12)13/h2-3H,1H3,(H,12,13)/p-1. The predicted molar refractivity (Wildman–Crippen MR) is 52.1 cm³/mol. The SMILES string of the molecule is COC(=O)c1cc(Cl)c(Cl)cc1C(=O)[O-]. The smallest absolute Gasteiger partial charge is 0.338 e. The maximum Gasteiger partial charge on any atom is 0.338 e. The number of benzene rings is 1. The Morgan fingerprint density at radius 1 is 1.20 bits per heavy atom. The summed E-state index contributed by atoms with van der Waals surface area (Å²) in [6.45, 7) is 0. The first-order chi connectivity index (χ1) is 6.97. The lowest BCUT2D eigenvalue weighted by atomic mass is 10.1. The van der Waals surface area contributed by atoms with Gasteiger partial charge in [-0.1, -0.05) is 23.2 Å². The molecule has 4 nitrogen and oxygen atoms in total. The highest BCUT2D eigenvalue weighted by Gasteiger charge is 2.15. The number of carboxylic acids is 1. The van der Waals surface area contributed by atoms with Gasteiger partial charge in [0.1, 0.15) is 0 Å². The molecule has 0 spiro atoms. The van der Waals surface area contributed by atoms with Crippen LogP contribution >= 0.6 is 23.2 Å². The molecule has 1 aromatic rings. The Morgan fingerprint density at radius 3 is 2.07 bits per heavy atom. The van der Waals surface area contributed by atoms with Gasteiger partial charge in [-0.2, -0.15) is 0 Å². The quantitative estimate of drug-likeness (QED) is 0.736. The number of rotatable bonds is 2. The van der Waals surface area contributed by atoms with E-state index in [4.69, 9.17) is 23.2 Å². The first-order valence-corrected chi connectivity index (χ1v) is 4.51. The fraction of sp³-hybridized carbons (Fsp3) is 0.111. The van der Waals surface area contributed by atoms with Crippen molar-refractivity contribution in [1.29, 1.82) is 0 Å². The summed E-state index contributed by atoms with van der Waals surface area (Å²) in [7, 11) is 1.13. The zero-order valence-corrected chi connectivity index (χ0v) is 9.06. The fourth-order valence-electron chi connectivity index (χ4n) is 0.995. The van der Waals surface area contributed by atoms with Crippen LogP contribution in [0.2, 0.25) is 10.0 Å². The van der Waals surface area contributed by atoms with Crippen LogP contribution in [0.15, 0.2) is 12.1 Å². The molecule has 0 aromatic heterocycles. The summed E-state index contributed by atoms with van der Waals surface area (Å²) >= 11 is 11.2. The van der Waals surface area contributed by atoms with Gasteiger partial charge in [0.2, 0.25) is 0 Å². The van der Waals surface area contributed by atoms with Gasteiger partial charge in [0.25, 0.3) is 0 Å². The molecule has 0 saturated heterocycles. The second-order valence-corrected chi connectivity index (χ2v) is 3.41. The molecule has 0 atom stereocenters. The lowest BCUT2D eigenvalue weighted by Crippen LogP contribution is -2.25. The van der Waals surface area contributed by atoms with Crippen LogP contribution in [0, 0.1) is 0 Å². The summed E-state index contributed by atoms with van der Waals surface area (Å²) < 4.78 is 4.39. The van der Waals surface area contributed by atoms with Crippen molar-refractivity contribution in [3.8, 4) is 0 Å². The Kier molecular flexibility index (Phi) is 3.55. The van der Waals surface area contributed by atoms with Crippen LogP contribution < -0.4 is 5.11 Å². The van der Waals surface area contributed by atoms with Crippen molar-refractivity contribution in [2.45, 2.75) is 0 Å². The van der Waals surface area contributed by atoms with Gasteiger partial charge in [-0.25, -0.2) is 4.79 Å². The molecule has 1 aromatic carbocycles. The van der Waals surface area contributed by atoms with E-state index >= 15 is 0 Å². The summed E-state index contributed by atoms with van der Waals surface area (Å²) in [6, 6.07) is 2.17. The minimum atomic E-state index is -1.52. The average molecular weight is 248 g/mol. The number of ether oxygens (including phenoxy) is 1. The van der Waals surface area contributed by atoms with E-state index in [9.17, 15) is 14.7 Å². The Bertz CT molecular complexity index is 428. The van der Waals surface area contributed by atoms with Gasteiger partial charge in [-0.05, 0) is 12.1 Å². The van der Waals surface area contributed by atoms with Gasteiger partial charge in [0.05, 0.1) is 28.7 Å². The molecular formula is C9H5Cl2O4-. The number of carbonyl (C=O) groups excluding carboxylic acids is 2. The van der Waals surface area contributed by atoms with Gasteiger partial charge < -0.3 is 14.6 Å². The molecule has 6 heteroatoms. The van der Waals surface area contributed by atoms with Crippen LogP contribution in [0.5, 0.6) is 0 Å². The molecule has 0 bridgehead atoms. The summed E-state index contributed by atoms with van der Waals surface area (Å²) in [5, 5.41) is 10.8. The first kappa shape index (κ1) is 11.8. The van der Waals surface area contributed by atoms with Crippen molar-refractivity contribution in [2.24, 2.45) is 0 Å². The van der Waals surface area contributed by atoms with Crippen LogP contribution in [-0.2, 0) is 4.74 Å². The van der Waals surface area contributed by atoms with Crippen molar-refractivity contribution >= 4 is 35.1 Å². The van der Waals surface area contributed by atoms with Crippen molar-refractivity contribution in [3.05, 3.63) is 33.3 Å². The van der Waals surface area contributed by atoms with E-state index in [1.165, 1.54) is 0 Å². The molecule has 0 aliphatic carbocycles. The minimum Gasteiger partial charge on any atom is -0.545 e. The molecule has 0 aliphatic rings. The monoisotopic (exact) mass is 247 g/mol. The lowest BCUT2D eigenvalue weighted by molar-refractivity contribution is -0.255. The third kappa shape index (κ3) is 2.40. The van der Waals surface area contributed by atoms with Gasteiger partial charge in [0, 0.05) is 5.56 Å². The van der Waals surface area contributed by atoms with Crippen molar-refractivity contribution in [2.75, 3.05) is 7.11 Å². The van der Waals surface area contributed by atoms with Crippen LogP contribution in [0.3, 0.4) is 0 Å². The number of carboxylic acid groups (broad SMARTS) is 1. The number of halogens is 2. The molecule has 0 N–H and O–H groups in total. The number of carbonyl (C=O) groups is 2. The molecule has 0 radical (unpaired) electrons. The number of hydrogen-bond donors (Lipinski definition) is 0. The van der Waals surface area contributed by atoms with Crippen LogP contribution in [-0.4, -0.2) is 19.0 Å². The largest absolute Gasteiger partial charge is 0.545 e. The summed E-state index contributed by atoms with van der Waals surface area (Å²) in [6.07, 6.45) is 0. The number of methoxy groups -OCH3 is 1. The highest BCUT2D eigenvalue weighted by Crippen LogP contribution is 2.26. The minimum absolute atomic E-state index is 0.0310. The number of aromatic carboxylic acids is 1. The zero-order valence-electron chi connectivity index (χ0n) is 7.54. The van der Waals surface area contributed by atoms with E-state index in [0.29, 0.717) is 0 Å². The highest BCUT2D eigenvalue weighted by molar-refractivity contribution is 6.42. The molecule has 0 unspecified atom stereocenters. The molecule has 0 saturated carbocycles. The first-order valence-electron chi connectivity index (χ1n) is 3.76. The Morgan fingerprint density at radius 2 is 1.67 bits per heavy atom. The van der Waals surface area contributed by atoms with Crippen molar-refractivity contribution < 1.29 is 19.4 Å². The summed E-state index contributed by atoms with van der Waals surface area (Å²) in [5.41, 5.74) is -0.539. The van der Waals surface area contributed by atoms with Gasteiger partial charge in [-0.3, -0.25) is 0 Å². The molecule has 0 fully saturated rings. The third-order valence-corrected chi connectivity index (χ3v) is 2.41. The molecule has 0 aliphatic heterocycles. The fourth-order valence-corrected chi connectivity index (χ4v) is 1.32. The van der Waals surface area contributed by atoms with E-state index in [0.717, 1.165) is 19.2 Å². The number of hydrogen-bond acceptors (Lipinski definition) is 4. The second-order valence-electron chi connectivity index (χ2n) is 2.59. The van der Waals surface area contributed by atoms with Crippen LogP contribution in [0.4, 0.5) is 0 Å². The van der Waals surface area contributed by atoms with Crippen molar-refractivity contribution in [3.63, 3.8) is 0 Å². The van der Waals surface area contributed by atoms with Gasteiger partial charge >= 0.3 is 5.97 Å².